The molecule has 3 aromatic carbocycles. The first-order valence-corrected chi connectivity index (χ1v) is 10.6. The number of ether oxygens (including phenoxy) is 1. The fraction of sp³-hybridized carbons (Fsp3) is 0.0870. The van der Waals surface area contributed by atoms with Crippen molar-refractivity contribution in [3.8, 4) is 5.95 Å². The summed E-state index contributed by atoms with van der Waals surface area (Å²) in [6, 6.07) is 31.7. The zero-order chi connectivity index (χ0) is 18.7. The second-order valence-electron chi connectivity index (χ2n) is 6.23. The molecule has 0 amide bonds. The van der Waals surface area contributed by atoms with Gasteiger partial charge in [0.25, 0.3) is 5.44 Å². The fourth-order valence-electron chi connectivity index (χ4n) is 3.51. The standard InChI is InChI=1S/C23H21NO2P/c1-18-24-22(23(25-2)26-18)27(19-12-6-3-7-13-19,20-14-8-4-9-15-20)21-16-10-5-11-17-21/h3-17H,1-2H3/q+1. The van der Waals surface area contributed by atoms with Gasteiger partial charge in [0.2, 0.25) is 0 Å². The lowest BCUT2D eigenvalue weighted by molar-refractivity contribution is 0.300. The number of nitrogens with zero attached hydrogens (tertiary/aromatic N) is 1. The Labute approximate surface area is 160 Å². The molecule has 3 nitrogen and oxygen atoms in total. The van der Waals surface area contributed by atoms with E-state index < -0.39 is 7.26 Å². The molecule has 0 aliphatic heterocycles. The molecule has 0 aliphatic rings. The predicted molar refractivity (Wildman–Crippen MR) is 113 cm³/mol. The minimum atomic E-state index is -2.27. The smallest absolute Gasteiger partial charge is 0.352 e. The van der Waals surface area contributed by atoms with Crippen molar-refractivity contribution in [2.75, 3.05) is 7.11 Å². The van der Waals surface area contributed by atoms with E-state index in [2.05, 4.69) is 72.8 Å². The number of benzene rings is 3. The highest BCUT2D eigenvalue weighted by atomic mass is 31.2. The number of aryl methyl sites for hydroxylation is 1. The SMILES string of the molecule is COc1oc(C)nc1[P+](c1ccccc1)(c1ccccc1)c1ccccc1. The second-order valence-corrected chi connectivity index (χ2v) is 9.54. The Morgan fingerprint density at radius 1 is 0.704 bits per heavy atom. The second kappa shape index (κ2) is 7.38. The Kier molecular flexibility index (Phi) is 4.79. The van der Waals surface area contributed by atoms with Crippen LogP contribution in [0.3, 0.4) is 0 Å². The highest BCUT2D eigenvalue weighted by molar-refractivity contribution is 8.01. The molecule has 1 aromatic heterocycles. The first kappa shape index (κ1) is 17.5. The van der Waals surface area contributed by atoms with Gasteiger partial charge in [-0.25, -0.2) is 0 Å². The van der Waals surface area contributed by atoms with Crippen LogP contribution in [0.15, 0.2) is 95.4 Å². The maximum absolute atomic E-state index is 5.83. The summed E-state index contributed by atoms with van der Waals surface area (Å²) in [5.74, 6) is 1.09. The molecule has 27 heavy (non-hydrogen) atoms. The van der Waals surface area contributed by atoms with Crippen molar-refractivity contribution in [2.24, 2.45) is 0 Å². The summed E-state index contributed by atoms with van der Waals surface area (Å²) in [7, 11) is -0.631. The van der Waals surface area contributed by atoms with Crippen molar-refractivity contribution in [3.63, 3.8) is 0 Å². The quantitative estimate of drug-likeness (QED) is 0.501. The molecular weight excluding hydrogens is 353 g/mol. The van der Waals surface area contributed by atoms with Crippen LogP contribution in [0.2, 0.25) is 0 Å². The summed E-state index contributed by atoms with van der Waals surface area (Å²) < 4.78 is 11.5. The molecule has 0 spiro atoms. The van der Waals surface area contributed by atoms with E-state index in [1.165, 1.54) is 15.9 Å². The van der Waals surface area contributed by atoms with Crippen LogP contribution in [0.1, 0.15) is 5.89 Å². The van der Waals surface area contributed by atoms with E-state index in [9.17, 15) is 0 Å². The van der Waals surface area contributed by atoms with E-state index in [0.29, 0.717) is 11.8 Å². The van der Waals surface area contributed by atoms with Gasteiger partial charge >= 0.3 is 5.95 Å². The Morgan fingerprint density at radius 2 is 1.11 bits per heavy atom. The van der Waals surface area contributed by atoms with E-state index in [1.807, 2.05) is 25.1 Å². The molecule has 0 atom stereocenters. The molecule has 4 heteroatoms. The van der Waals surface area contributed by atoms with Gasteiger partial charge in [0.1, 0.15) is 15.9 Å². The molecule has 134 valence electrons. The van der Waals surface area contributed by atoms with Crippen molar-refractivity contribution in [3.05, 3.63) is 96.9 Å². The van der Waals surface area contributed by atoms with Crippen LogP contribution in [0.25, 0.3) is 0 Å². The predicted octanol–water partition coefficient (Wildman–Crippen LogP) is 3.61. The van der Waals surface area contributed by atoms with Gasteiger partial charge in [-0.15, -0.1) is 0 Å². The first-order valence-electron chi connectivity index (χ1n) is 8.84. The van der Waals surface area contributed by atoms with E-state index in [0.717, 1.165) is 5.44 Å². The Morgan fingerprint density at radius 3 is 1.48 bits per heavy atom. The monoisotopic (exact) mass is 374 g/mol. The van der Waals surface area contributed by atoms with Gasteiger partial charge in [-0.05, 0) is 36.4 Å². The van der Waals surface area contributed by atoms with E-state index in [4.69, 9.17) is 14.1 Å². The van der Waals surface area contributed by atoms with Crippen LogP contribution < -0.4 is 26.1 Å². The van der Waals surface area contributed by atoms with Gasteiger partial charge in [-0.1, -0.05) is 54.6 Å². The van der Waals surface area contributed by atoms with Crippen molar-refractivity contribution >= 4 is 28.6 Å². The van der Waals surface area contributed by atoms with Gasteiger partial charge in [-0.2, -0.15) is 4.98 Å². The maximum atomic E-state index is 5.83. The topological polar surface area (TPSA) is 35.3 Å². The normalized spacial score (nSPS) is 11.3. The Hall–Kier alpha value is -2.90. The minimum absolute atomic E-state index is 0.484. The summed E-state index contributed by atoms with van der Waals surface area (Å²) in [4.78, 5) is 4.84. The van der Waals surface area contributed by atoms with Gasteiger partial charge in [-0.3, -0.25) is 0 Å². The third-order valence-corrected chi connectivity index (χ3v) is 8.76. The van der Waals surface area contributed by atoms with E-state index in [1.54, 1.807) is 7.11 Å². The molecule has 1 heterocycles. The van der Waals surface area contributed by atoms with Gasteiger partial charge < -0.3 is 9.15 Å². The van der Waals surface area contributed by atoms with Crippen molar-refractivity contribution in [1.29, 1.82) is 0 Å². The molecule has 0 fully saturated rings. The number of aromatic nitrogens is 1. The average molecular weight is 374 g/mol. The van der Waals surface area contributed by atoms with Crippen molar-refractivity contribution < 1.29 is 9.15 Å². The zero-order valence-corrected chi connectivity index (χ0v) is 16.3. The molecule has 0 bridgehead atoms. The van der Waals surface area contributed by atoms with Crippen molar-refractivity contribution in [2.45, 2.75) is 6.92 Å². The van der Waals surface area contributed by atoms with E-state index in [-0.39, 0.29) is 0 Å². The molecule has 0 N–H and O–H groups in total. The number of hydrogen-bond donors (Lipinski definition) is 0. The molecule has 0 saturated carbocycles. The summed E-state index contributed by atoms with van der Waals surface area (Å²) in [5, 5.41) is 3.65. The average Bonchev–Trinajstić information content (AvgIpc) is 3.12. The summed E-state index contributed by atoms with van der Waals surface area (Å²) in [6.07, 6.45) is 0. The maximum Gasteiger partial charge on any atom is 0.352 e. The van der Waals surface area contributed by atoms with Gasteiger partial charge in [0.15, 0.2) is 13.2 Å². The summed E-state index contributed by atoms with van der Waals surface area (Å²) >= 11 is 0. The summed E-state index contributed by atoms with van der Waals surface area (Å²) in [6.45, 7) is 1.86. The molecule has 0 saturated heterocycles. The highest BCUT2D eigenvalue weighted by Crippen LogP contribution is 2.55. The zero-order valence-electron chi connectivity index (χ0n) is 15.4. The molecule has 0 radical (unpaired) electrons. The highest BCUT2D eigenvalue weighted by Gasteiger charge is 2.53. The van der Waals surface area contributed by atoms with Gasteiger partial charge in [0, 0.05) is 6.92 Å². The van der Waals surface area contributed by atoms with Crippen LogP contribution >= 0.6 is 7.26 Å². The van der Waals surface area contributed by atoms with Crippen LogP contribution in [0, 0.1) is 6.92 Å². The number of methoxy groups -OCH3 is 1. The Balaban J connectivity index is 2.16. The lowest BCUT2D eigenvalue weighted by atomic mass is 10.4. The minimum Gasteiger partial charge on any atom is -0.464 e. The van der Waals surface area contributed by atoms with Crippen LogP contribution in [0.4, 0.5) is 0 Å². The van der Waals surface area contributed by atoms with Crippen LogP contribution in [0.5, 0.6) is 5.95 Å². The molecule has 4 aromatic rings. The number of hydrogen-bond acceptors (Lipinski definition) is 3. The largest absolute Gasteiger partial charge is 0.464 e. The molecule has 0 unspecified atom stereocenters. The molecule has 0 aliphatic carbocycles. The van der Waals surface area contributed by atoms with Gasteiger partial charge in [0.05, 0.1) is 7.11 Å². The van der Waals surface area contributed by atoms with Crippen molar-refractivity contribution in [1.82, 2.24) is 4.98 Å². The molecule has 4 rings (SSSR count). The van der Waals surface area contributed by atoms with Crippen LogP contribution in [-0.4, -0.2) is 12.1 Å². The first-order chi connectivity index (χ1) is 13.3. The summed E-state index contributed by atoms with van der Waals surface area (Å²) in [5.41, 5.74) is 0.867. The third-order valence-electron chi connectivity index (χ3n) is 4.62. The van der Waals surface area contributed by atoms with E-state index >= 15 is 0 Å². The third kappa shape index (κ3) is 2.94. The number of rotatable bonds is 5. The van der Waals surface area contributed by atoms with Crippen LogP contribution in [-0.2, 0) is 0 Å². The lowest BCUT2D eigenvalue weighted by Gasteiger charge is -2.25. The lowest BCUT2D eigenvalue weighted by Crippen LogP contribution is -2.39. The fourth-order valence-corrected chi connectivity index (χ4v) is 7.70. The Bertz CT molecular complexity index is 918. The number of oxazole rings is 1. The molecular formula is C23H21NO2P+.